The molecule has 4 heteroatoms. The Morgan fingerprint density at radius 2 is 2.21 bits per heavy atom. The predicted octanol–water partition coefficient (Wildman–Crippen LogP) is 0.376. The first-order valence-electron chi connectivity index (χ1n) is 5.23. The van der Waals surface area contributed by atoms with Crippen LogP contribution in [0.3, 0.4) is 0 Å². The molecule has 14 heavy (non-hydrogen) atoms. The summed E-state index contributed by atoms with van der Waals surface area (Å²) < 4.78 is 0. The maximum Gasteiger partial charge on any atom is 0.322 e. The number of piperidine rings is 1. The molecule has 4 nitrogen and oxygen atoms in total. The molecule has 1 rings (SSSR count). The quantitative estimate of drug-likeness (QED) is 0.691. The molecule has 3 unspecified atom stereocenters. The van der Waals surface area contributed by atoms with E-state index in [9.17, 15) is 4.79 Å². The van der Waals surface area contributed by atoms with E-state index in [1.165, 1.54) is 0 Å². The lowest BCUT2D eigenvalue weighted by Gasteiger charge is -2.38. The number of hydrogen-bond donors (Lipinski definition) is 2. The molecule has 0 spiro atoms. The lowest BCUT2D eigenvalue weighted by molar-refractivity contribution is -0.143. The fourth-order valence-electron chi connectivity index (χ4n) is 1.98. The van der Waals surface area contributed by atoms with E-state index in [-0.39, 0.29) is 6.54 Å². The van der Waals surface area contributed by atoms with Crippen LogP contribution in [0, 0.1) is 11.8 Å². The van der Waals surface area contributed by atoms with Crippen LogP contribution in [-0.4, -0.2) is 41.7 Å². The summed E-state index contributed by atoms with van der Waals surface area (Å²) >= 11 is 0. The number of aliphatic carboxylic acids is 1. The van der Waals surface area contributed by atoms with Gasteiger partial charge in [-0.15, -0.1) is 0 Å². The van der Waals surface area contributed by atoms with E-state index in [1.54, 1.807) is 0 Å². The van der Waals surface area contributed by atoms with Gasteiger partial charge in [0.2, 0.25) is 0 Å². The number of carboxylic acid groups (broad SMARTS) is 1. The summed E-state index contributed by atoms with van der Waals surface area (Å²) in [5.74, 6) is 0.463. The Morgan fingerprint density at radius 1 is 1.57 bits per heavy atom. The third kappa shape index (κ3) is 2.45. The van der Waals surface area contributed by atoms with Crippen molar-refractivity contribution in [3.05, 3.63) is 0 Å². The molecule has 0 amide bonds. The van der Waals surface area contributed by atoms with Crippen molar-refractivity contribution in [2.75, 3.05) is 19.6 Å². The maximum atomic E-state index is 10.9. The SMILES string of the molecule is CC1CCN(C(CN)C(=O)O)CC1C. The minimum Gasteiger partial charge on any atom is -0.480 e. The van der Waals surface area contributed by atoms with Crippen molar-refractivity contribution in [2.24, 2.45) is 17.6 Å². The van der Waals surface area contributed by atoms with Gasteiger partial charge in [0, 0.05) is 13.1 Å². The van der Waals surface area contributed by atoms with Crippen molar-refractivity contribution < 1.29 is 9.90 Å². The summed E-state index contributed by atoms with van der Waals surface area (Å²) in [6, 6.07) is -0.495. The van der Waals surface area contributed by atoms with Gasteiger partial charge in [0.1, 0.15) is 6.04 Å². The Kier molecular flexibility index (Phi) is 3.89. The van der Waals surface area contributed by atoms with Gasteiger partial charge < -0.3 is 10.8 Å². The van der Waals surface area contributed by atoms with Crippen LogP contribution in [0.1, 0.15) is 20.3 Å². The van der Waals surface area contributed by atoms with Crippen LogP contribution >= 0.6 is 0 Å². The van der Waals surface area contributed by atoms with Gasteiger partial charge in [-0.1, -0.05) is 13.8 Å². The van der Waals surface area contributed by atoms with Crippen LogP contribution in [0.4, 0.5) is 0 Å². The number of carbonyl (C=O) groups is 1. The number of nitrogens with two attached hydrogens (primary N) is 1. The zero-order chi connectivity index (χ0) is 10.7. The van der Waals surface area contributed by atoms with Gasteiger partial charge in [-0.05, 0) is 24.8 Å². The van der Waals surface area contributed by atoms with Gasteiger partial charge in [0.25, 0.3) is 0 Å². The van der Waals surface area contributed by atoms with Crippen LogP contribution in [-0.2, 0) is 4.79 Å². The van der Waals surface area contributed by atoms with Gasteiger partial charge in [-0.2, -0.15) is 0 Å². The Hall–Kier alpha value is -0.610. The third-order valence-electron chi connectivity index (χ3n) is 3.31. The molecule has 1 aliphatic heterocycles. The predicted molar refractivity (Wildman–Crippen MR) is 55.0 cm³/mol. The summed E-state index contributed by atoms with van der Waals surface area (Å²) in [6.07, 6.45) is 1.07. The molecule has 1 fully saturated rings. The molecule has 1 heterocycles. The van der Waals surface area contributed by atoms with Crippen molar-refractivity contribution in [1.29, 1.82) is 0 Å². The largest absolute Gasteiger partial charge is 0.480 e. The summed E-state index contributed by atoms with van der Waals surface area (Å²) in [5, 5.41) is 8.96. The number of hydrogen-bond acceptors (Lipinski definition) is 3. The highest BCUT2D eigenvalue weighted by Gasteiger charge is 2.30. The normalized spacial score (nSPS) is 31.4. The van der Waals surface area contributed by atoms with Gasteiger partial charge in [0.05, 0.1) is 0 Å². The highest BCUT2D eigenvalue weighted by atomic mass is 16.4. The molecule has 1 aliphatic rings. The molecule has 82 valence electrons. The van der Waals surface area contributed by atoms with Gasteiger partial charge in [-0.25, -0.2) is 0 Å². The van der Waals surface area contributed by atoms with E-state index in [2.05, 4.69) is 13.8 Å². The van der Waals surface area contributed by atoms with E-state index < -0.39 is 12.0 Å². The Morgan fingerprint density at radius 3 is 2.64 bits per heavy atom. The minimum absolute atomic E-state index is 0.205. The fraction of sp³-hybridized carbons (Fsp3) is 0.900. The Labute approximate surface area is 85.1 Å². The minimum atomic E-state index is -0.797. The lowest BCUT2D eigenvalue weighted by Crippen LogP contribution is -2.51. The van der Waals surface area contributed by atoms with Crippen LogP contribution in [0.15, 0.2) is 0 Å². The standard InChI is InChI=1S/C10H20N2O2/c1-7-3-4-12(6-8(7)2)9(5-11)10(13)14/h7-9H,3-6,11H2,1-2H3,(H,13,14). The molecule has 3 atom stereocenters. The van der Waals surface area contributed by atoms with Crippen LogP contribution in [0.2, 0.25) is 0 Å². The smallest absolute Gasteiger partial charge is 0.322 e. The number of nitrogens with zero attached hydrogens (tertiary/aromatic N) is 1. The number of carboxylic acids is 1. The average Bonchev–Trinajstić information content (AvgIpc) is 2.11. The van der Waals surface area contributed by atoms with Gasteiger partial charge in [-0.3, -0.25) is 9.69 Å². The summed E-state index contributed by atoms with van der Waals surface area (Å²) in [4.78, 5) is 12.9. The zero-order valence-electron chi connectivity index (χ0n) is 8.94. The highest BCUT2D eigenvalue weighted by molar-refractivity contribution is 5.73. The molecule has 0 aromatic rings. The van der Waals surface area contributed by atoms with E-state index in [1.807, 2.05) is 4.90 Å². The zero-order valence-corrected chi connectivity index (χ0v) is 8.94. The second-order valence-electron chi connectivity index (χ2n) is 4.33. The lowest BCUT2D eigenvalue weighted by atomic mass is 9.88. The highest BCUT2D eigenvalue weighted by Crippen LogP contribution is 2.23. The molecular weight excluding hydrogens is 180 g/mol. The molecule has 0 aliphatic carbocycles. The maximum absolute atomic E-state index is 10.9. The molecule has 0 bridgehead atoms. The molecule has 3 N–H and O–H groups in total. The molecular formula is C10H20N2O2. The van der Waals surface area contributed by atoms with Crippen molar-refractivity contribution in [3.63, 3.8) is 0 Å². The first kappa shape index (κ1) is 11.5. The average molecular weight is 200 g/mol. The first-order chi connectivity index (χ1) is 6.56. The van der Waals surface area contributed by atoms with Crippen molar-refractivity contribution >= 4 is 5.97 Å². The Bertz CT molecular complexity index is 208. The fourth-order valence-corrected chi connectivity index (χ4v) is 1.98. The monoisotopic (exact) mass is 200 g/mol. The molecule has 0 saturated carbocycles. The molecule has 0 radical (unpaired) electrons. The van der Waals surface area contributed by atoms with Crippen molar-refractivity contribution in [3.8, 4) is 0 Å². The second kappa shape index (κ2) is 4.75. The molecule has 0 aromatic heterocycles. The summed E-state index contributed by atoms with van der Waals surface area (Å²) in [7, 11) is 0. The summed E-state index contributed by atoms with van der Waals surface area (Å²) in [6.45, 7) is 6.32. The van der Waals surface area contributed by atoms with Gasteiger partial charge >= 0.3 is 5.97 Å². The summed E-state index contributed by atoms with van der Waals surface area (Å²) in [5.41, 5.74) is 5.46. The second-order valence-corrected chi connectivity index (χ2v) is 4.33. The Balaban J connectivity index is 2.56. The van der Waals surface area contributed by atoms with Crippen molar-refractivity contribution in [1.82, 2.24) is 4.90 Å². The van der Waals surface area contributed by atoms with E-state index in [4.69, 9.17) is 10.8 Å². The van der Waals surface area contributed by atoms with E-state index in [0.29, 0.717) is 11.8 Å². The molecule has 1 saturated heterocycles. The number of rotatable bonds is 3. The van der Waals surface area contributed by atoms with E-state index in [0.717, 1.165) is 19.5 Å². The number of likely N-dealkylation sites (tertiary alicyclic amines) is 1. The van der Waals surface area contributed by atoms with Crippen molar-refractivity contribution in [2.45, 2.75) is 26.3 Å². The van der Waals surface area contributed by atoms with Gasteiger partial charge in [0.15, 0.2) is 0 Å². The third-order valence-corrected chi connectivity index (χ3v) is 3.31. The first-order valence-corrected chi connectivity index (χ1v) is 5.23. The topological polar surface area (TPSA) is 66.6 Å². The molecule has 0 aromatic carbocycles. The van der Waals surface area contributed by atoms with Crippen LogP contribution in [0.25, 0.3) is 0 Å². The van der Waals surface area contributed by atoms with Crippen LogP contribution < -0.4 is 5.73 Å². The van der Waals surface area contributed by atoms with E-state index >= 15 is 0 Å². The van der Waals surface area contributed by atoms with Crippen LogP contribution in [0.5, 0.6) is 0 Å².